The molecule has 1 aliphatic heterocycles. The second kappa shape index (κ2) is 6.52. The van der Waals surface area contributed by atoms with Gasteiger partial charge in [0.25, 0.3) is 0 Å². The quantitative estimate of drug-likeness (QED) is 0.918. The predicted molar refractivity (Wildman–Crippen MR) is 82.8 cm³/mol. The molecule has 19 heavy (non-hydrogen) atoms. The molecule has 0 bridgehead atoms. The summed E-state index contributed by atoms with van der Waals surface area (Å²) in [6.45, 7) is 11.6. The maximum Gasteiger partial charge on any atom is 0.148 e. The molecule has 0 aromatic carbocycles. The van der Waals surface area contributed by atoms with Crippen molar-refractivity contribution in [1.82, 2.24) is 14.9 Å². The fraction of sp³-hybridized carbons (Fsp3) is 0.692. The maximum absolute atomic E-state index is 4.42. The Hall–Kier alpha value is -0.880. The van der Waals surface area contributed by atoms with Gasteiger partial charge in [-0.05, 0) is 36.7 Å². The van der Waals surface area contributed by atoms with Gasteiger partial charge in [0.1, 0.15) is 22.4 Å². The summed E-state index contributed by atoms with van der Waals surface area (Å²) in [6.07, 6.45) is 1.63. The minimum absolute atomic E-state index is 0.619. The molecule has 0 spiro atoms. The van der Waals surface area contributed by atoms with Crippen molar-refractivity contribution in [1.29, 1.82) is 0 Å². The summed E-state index contributed by atoms with van der Waals surface area (Å²) in [4.78, 5) is 13.5. The Labute approximate surface area is 123 Å². The first kappa shape index (κ1) is 14.5. The van der Waals surface area contributed by atoms with E-state index in [0.717, 1.165) is 48.8 Å². The smallest absolute Gasteiger partial charge is 0.148 e. The molecule has 0 aliphatic carbocycles. The highest BCUT2D eigenvalue weighted by Gasteiger charge is 2.22. The van der Waals surface area contributed by atoms with Gasteiger partial charge in [0.2, 0.25) is 0 Å². The van der Waals surface area contributed by atoms with Crippen LogP contribution in [0.5, 0.6) is 0 Å². The molecule has 5 nitrogen and oxygen atoms in total. The van der Waals surface area contributed by atoms with E-state index in [1.165, 1.54) is 0 Å². The summed E-state index contributed by atoms with van der Waals surface area (Å²) in [5, 5.41) is 3.25. The Morgan fingerprint density at radius 2 is 1.95 bits per heavy atom. The normalized spacial score (nSPS) is 17.0. The molecule has 0 radical (unpaired) electrons. The Morgan fingerprint density at radius 1 is 1.26 bits per heavy atom. The molecule has 0 amide bonds. The molecule has 0 unspecified atom stereocenters. The molecule has 1 aliphatic rings. The van der Waals surface area contributed by atoms with E-state index >= 15 is 0 Å². The highest BCUT2D eigenvalue weighted by Crippen LogP contribution is 2.30. The molecule has 1 saturated heterocycles. The van der Waals surface area contributed by atoms with Crippen LogP contribution in [-0.2, 0) is 0 Å². The van der Waals surface area contributed by atoms with E-state index in [4.69, 9.17) is 0 Å². The van der Waals surface area contributed by atoms with Crippen LogP contribution in [0.4, 0.5) is 11.6 Å². The predicted octanol–water partition coefficient (Wildman–Crippen LogP) is 2.20. The van der Waals surface area contributed by atoms with Gasteiger partial charge in [0, 0.05) is 38.8 Å². The van der Waals surface area contributed by atoms with Crippen LogP contribution in [-0.4, -0.2) is 53.6 Å². The molecule has 1 aromatic rings. The highest BCUT2D eigenvalue weighted by molar-refractivity contribution is 9.10. The van der Waals surface area contributed by atoms with Crippen LogP contribution in [0.15, 0.2) is 10.8 Å². The highest BCUT2D eigenvalue weighted by atomic mass is 79.9. The lowest BCUT2D eigenvalue weighted by molar-refractivity contribution is 0.209. The zero-order valence-corrected chi connectivity index (χ0v) is 13.4. The number of rotatable bonds is 4. The molecular weight excluding hydrogens is 306 g/mol. The molecule has 2 heterocycles. The van der Waals surface area contributed by atoms with Crippen LogP contribution < -0.4 is 10.2 Å². The molecular formula is C13H22BrN5. The van der Waals surface area contributed by atoms with Crippen molar-refractivity contribution < 1.29 is 0 Å². The minimum Gasteiger partial charge on any atom is -0.369 e. The van der Waals surface area contributed by atoms with E-state index in [1.807, 2.05) is 0 Å². The molecule has 0 atom stereocenters. The standard InChI is InChI=1S/C13H22BrN5/c1-4-15-12-11(14)13(17-9-16-12)19-7-5-18(6-8-19)10(2)3/h9-10H,4-8H2,1-3H3,(H,15,16,17). The van der Waals surface area contributed by atoms with E-state index in [0.29, 0.717) is 6.04 Å². The second-order valence-corrected chi connectivity index (χ2v) is 5.80. The van der Waals surface area contributed by atoms with Crippen molar-refractivity contribution >= 4 is 27.6 Å². The van der Waals surface area contributed by atoms with Crippen LogP contribution in [0.1, 0.15) is 20.8 Å². The number of hydrogen-bond acceptors (Lipinski definition) is 5. The Morgan fingerprint density at radius 3 is 2.53 bits per heavy atom. The summed E-state index contributed by atoms with van der Waals surface area (Å²) in [6, 6.07) is 0.619. The van der Waals surface area contributed by atoms with Gasteiger partial charge in [-0.15, -0.1) is 0 Å². The van der Waals surface area contributed by atoms with E-state index in [9.17, 15) is 0 Å². The molecule has 0 saturated carbocycles. The summed E-state index contributed by atoms with van der Waals surface area (Å²) >= 11 is 3.62. The third-order valence-electron chi connectivity index (χ3n) is 3.46. The zero-order valence-electron chi connectivity index (χ0n) is 11.9. The van der Waals surface area contributed by atoms with Gasteiger partial charge in [-0.25, -0.2) is 9.97 Å². The summed E-state index contributed by atoms with van der Waals surface area (Å²) < 4.78 is 0.967. The SMILES string of the molecule is CCNc1ncnc(N2CCN(C(C)C)CC2)c1Br. The zero-order chi connectivity index (χ0) is 13.8. The van der Waals surface area contributed by atoms with Gasteiger partial charge in [-0.2, -0.15) is 0 Å². The lowest BCUT2D eigenvalue weighted by atomic mass is 10.2. The number of anilines is 2. The topological polar surface area (TPSA) is 44.3 Å². The van der Waals surface area contributed by atoms with E-state index in [-0.39, 0.29) is 0 Å². The van der Waals surface area contributed by atoms with E-state index in [1.54, 1.807) is 6.33 Å². The van der Waals surface area contributed by atoms with Crippen molar-refractivity contribution in [3.05, 3.63) is 10.8 Å². The van der Waals surface area contributed by atoms with E-state index < -0.39 is 0 Å². The van der Waals surface area contributed by atoms with Crippen molar-refractivity contribution in [3.8, 4) is 0 Å². The number of aromatic nitrogens is 2. The van der Waals surface area contributed by atoms with Gasteiger partial charge in [-0.3, -0.25) is 4.90 Å². The summed E-state index contributed by atoms with van der Waals surface area (Å²) in [7, 11) is 0. The number of halogens is 1. The third-order valence-corrected chi connectivity index (χ3v) is 4.19. The van der Waals surface area contributed by atoms with Crippen LogP contribution >= 0.6 is 15.9 Å². The first-order valence-electron chi connectivity index (χ1n) is 6.86. The van der Waals surface area contributed by atoms with Crippen LogP contribution in [0.2, 0.25) is 0 Å². The van der Waals surface area contributed by atoms with Crippen LogP contribution in [0.3, 0.4) is 0 Å². The van der Waals surface area contributed by atoms with Gasteiger partial charge in [-0.1, -0.05) is 0 Å². The number of nitrogens with one attached hydrogen (secondary N) is 1. The number of piperazine rings is 1. The van der Waals surface area contributed by atoms with Crippen LogP contribution in [0.25, 0.3) is 0 Å². The number of nitrogens with zero attached hydrogens (tertiary/aromatic N) is 4. The van der Waals surface area contributed by atoms with Crippen molar-refractivity contribution in [3.63, 3.8) is 0 Å². The molecule has 1 fully saturated rings. The summed E-state index contributed by atoms with van der Waals surface area (Å²) in [5.41, 5.74) is 0. The van der Waals surface area contributed by atoms with Crippen molar-refractivity contribution in [2.24, 2.45) is 0 Å². The summed E-state index contributed by atoms with van der Waals surface area (Å²) in [5.74, 6) is 1.87. The first-order valence-corrected chi connectivity index (χ1v) is 7.66. The fourth-order valence-electron chi connectivity index (χ4n) is 2.32. The first-order chi connectivity index (χ1) is 9.13. The Bertz CT molecular complexity index is 415. The Kier molecular flexibility index (Phi) is 4.99. The second-order valence-electron chi connectivity index (χ2n) is 5.01. The molecule has 1 aromatic heterocycles. The Balaban J connectivity index is 2.09. The molecule has 2 rings (SSSR count). The van der Waals surface area contributed by atoms with Crippen molar-refractivity contribution in [2.75, 3.05) is 42.9 Å². The minimum atomic E-state index is 0.619. The largest absolute Gasteiger partial charge is 0.369 e. The van der Waals surface area contributed by atoms with E-state index in [2.05, 4.69) is 61.8 Å². The van der Waals surface area contributed by atoms with Crippen LogP contribution in [0, 0.1) is 0 Å². The van der Waals surface area contributed by atoms with Gasteiger partial charge in [0.05, 0.1) is 0 Å². The van der Waals surface area contributed by atoms with Gasteiger partial charge >= 0.3 is 0 Å². The lowest BCUT2D eigenvalue weighted by Crippen LogP contribution is -2.49. The average molecular weight is 328 g/mol. The third kappa shape index (κ3) is 3.36. The fourth-order valence-corrected chi connectivity index (χ4v) is 2.92. The maximum atomic E-state index is 4.42. The van der Waals surface area contributed by atoms with Gasteiger partial charge < -0.3 is 10.2 Å². The monoisotopic (exact) mass is 327 g/mol. The lowest BCUT2D eigenvalue weighted by Gasteiger charge is -2.37. The molecule has 6 heteroatoms. The van der Waals surface area contributed by atoms with Gasteiger partial charge in [0.15, 0.2) is 0 Å². The average Bonchev–Trinajstić information content (AvgIpc) is 2.41. The molecule has 1 N–H and O–H groups in total. The molecule has 106 valence electrons. The van der Waals surface area contributed by atoms with Crippen molar-refractivity contribution in [2.45, 2.75) is 26.8 Å². The number of hydrogen-bond donors (Lipinski definition) is 1.